The van der Waals surface area contributed by atoms with E-state index in [0.717, 1.165) is 23.0 Å². The highest BCUT2D eigenvalue weighted by molar-refractivity contribution is 5.82. The molecule has 0 aliphatic heterocycles. The van der Waals surface area contributed by atoms with Crippen LogP contribution in [0.2, 0.25) is 0 Å². The van der Waals surface area contributed by atoms with E-state index in [1.807, 2.05) is 36.4 Å². The molecule has 0 radical (unpaired) electrons. The molecule has 0 saturated heterocycles. The Hall–Kier alpha value is -2.34. The maximum Gasteiger partial charge on any atom is 0.0988 e. The van der Waals surface area contributed by atoms with Gasteiger partial charge in [0.2, 0.25) is 0 Å². The molecule has 2 aromatic rings. The first-order valence-corrected chi connectivity index (χ1v) is 5.60. The van der Waals surface area contributed by atoms with E-state index >= 15 is 0 Å². The second-order valence-corrected chi connectivity index (χ2v) is 4.13. The van der Waals surface area contributed by atoms with Crippen molar-refractivity contribution in [3.63, 3.8) is 0 Å². The molecule has 0 saturated carbocycles. The molecule has 3 rings (SSSR count). The maximum atomic E-state index is 8.92. The van der Waals surface area contributed by atoms with E-state index in [0.29, 0.717) is 5.57 Å². The summed E-state index contributed by atoms with van der Waals surface area (Å²) in [6, 6.07) is 10.3. The molecule has 0 amide bonds. The first-order chi connectivity index (χ1) is 8.38. The number of para-hydroxylation sites is 1. The van der Waals surface area contributed by atoms with E-state index in [-0.39, 0.29) is 5.92 Å². The van der Waals surface area contributed by atoms with E-state index < -0.39 is 0 Å². The molecule has 0 bridgehead atoms. The third-order valence-electron chi connectivity index (χ3n) is 3.05. The summed E-state index contributed by atoms with van der Waals surface area (Å²) in [6.07, 6.45) is 6.79. The Bertz CT molecular complexity index is 655. The fraction of sp³-hybridized carbons (Fsp3) is 0.143. The van der Waals surface area contributed by atoms with Crippen molar-refractivity contribution in [1.82, 2.24) is 10.2 Å². The van der Waals surface area contributed by atoms with Crippen molar-refractivity contribution in [3.05, 3.63) is 53.8 Å². The molecule has 0 spiro atoms. The summed E-state index contributed by atoms with van der Waals surface area (Å²) >= 11 is 0. The zero-order chi connectivity index (χ0) is 11.7. The number of benzene rings is 1. The number of aromatic amines is 1. The van der Waals surface area contributed by atoms with E-state index in [9.17, 15) is 0 Å². The summed E-state index contributed by atoms with van der Waals surface area (Å²) in [5.41, 5.74) is 2.79. The molecule has 1 aromatic carbocycles. The molecule has 3 nitrogen and oxygen atoms in total. The Morgan fingerprint density at radius 2 is 2.24 bits per heavy atom. The van der Waals surface area contributed by atoms with Crippen molar-refractivity contribution in [2.75, 3.05) is 0 Å². The number of hydrogen-bond donors (Lipinski definition) is 1. The van der Waals surface area contributed by atoms with Gasteiger partial charge in [0.05, 0.1) is 17.3 Å². The summed E-state index contributed by atoms with van der Waals surface area (Å²) in [5, 5.41) is 17.5. The van der Waals surface area contributed by atoms with Crippen molar-refractivity contribution in [2.24, 2.45) is 0 Å². The van der Waals surface area contributed by atoms with Crippen molar-refractivity contribution in [1.29, 1.82) is 5.26 Å². The van der Waals surface area contributed by atoms with E-state index in [1.165, 1.54) is 0 Å². The second kappa shape index (κ2) is 3.91. The Balaban J connectivity index is 2.08. The number of aromatic nitrogens is 2. The monoisotopic (exact) mass is 221 g/mol. The van der Waals surface area contributed by atoms with Crippen LogP contribution < -0.4 is 0 Å². The standard InChI is InChI=1S/C14H11N3/c15-9-10-4-3-5-11(8-10)14-12-6-1-2-7-13(12)16-17-14/h1-4,6-8,11H,5H2,(H,16,17). The summed E-state index contributed by atoms with van der Waals surface area (Å²) in [5.74, 6) is 0.200. The van der Waals surface area contributed by atoms with Crippen molar-refractivity contribution < 1.29 is 0 Å². The number of nitrogens with one attached hydrogen (secondary N) is 1. The Morgan fingerprint density at radius 3 is 3.12 bits per heavy atom. The lowest BCUT2D eigenvalue weighted by Crippen LogP contribution is -1.99. The molecule has 1 unspecified atom stereocenters. The van der Waals surface area contributed by atoms with Crippen LogP contribution in [0.25, 0.3) is 10.9 Å². The van der Waals surface area contributed by atoms with Gasteiger partial charge in [-0.25, -0.2) is 0 Å². The van der Waals surface area contributed by atoms with E-state index in [2.05, 4.69) is 22.3 Å². The fourth-order valence-electron chi connectivity index (χ4n) is 2.21. The van der Waals surface area contributed by atoms with Crippen LogP contribution in [-0.4, -0.2) is 10.2 Å². The number of rotatable bonds is 1. The Kier molecular flexibility index (Phi) is 2.27. The Morgan fingerprint density at radius 1 is 1.35 bits per heavy atom. The summed E-state index contributed by atoms with van der Waals surface area (Å²) in [4.78, 5) is 0. The zero-order valence-electron chi connectivity index (χ0n) is 9.22. The zero-order valence-corrected chi connectivity index (χ0v) is 9.22. The largest absolute Gasteiger partial charge is 0.278 e. The second-order valence-electron chi connectivity index (χ2n) is 4.13. The van der Waals surface area contributed by atoms with Crippen molar-refractivity contribution in [3.8, 4) is 6.07 Å². The van der Waals surface area contributed by atoms with Crippen LogP contribution in [0.4, 0.5) is 0 Å². The van der Waals surface area contributed by atoms with Gasteiger partial charge in [0, 0.05) is 16.9 Å². The van der Waals surface area contributed by atoms with Gasteiger partial charge in [0.1, 0.15) is 0 Å². The fourth-order valence-corrected chi connectivity index (χ4v) is 2.21. The van der Waals surface area contributed by atoms with Crippen LogP contribution in [0.5, 0.6) is 0 Å². The highest BCUT2D eigenvalue weighted by Crippen LogP contribution is 2.30. The summed E-state index contributed by atoms with van der Waals surface area (Å²) < 4.78 is 0. The van der Waals surface area contributed by atoms with Gasteiger partial charge >= 0.3 is 0 Å². The number of fused-ring (bicyclic) bond motifs is 1. The van der Waals surface area contributed by atoms with E-state index in [4.69, 9.17) is 5.26 Å². The Labute approximate surface area is 99.1 Å². The van der Waals surface area contributed by atoms with Crippen molar-refractivity contribution >= 4 is 10.9 Å². The first kappa shape index (κ1) is 9.86. The lowest BCUT2D eigenvalue weighted by Gasteiger charge is -2.11. The van der Waals surface area contributed by atoms with Gasteiger partial charge in [-0.3, -0.25) is 5.10 Å². The quantitative estimate of drug-likeness (QED) is 0.804. The molecule has 1 aliphatic carbocycles. The normalized spacial score (nSPS) is 19.0. The minimum absolute atomic E-state index is 0.200. The van der Waals surface area contributed by atoms with Gasteiger partial charge in [0.15, 0.2) is 0 Å². The van der Waals surface area contributed by atoms with Crippen LogP contribution in [0.1, 0.15) is 18.0 Å². The maximum absolute atomic E-state index is 8.92. The smallest absolute Gasteiger partial charge is 0.0988 e. The average Bonchev–Trinajstić information content (AvgIpc) is 2.82. The number of H-pyrrole nitrogens is 1. The number of nitriles is 1. The van der Waals surface area contributed by atoms with Crippen LogP contribution in [0, 0.1) is 11.3 Å². The van der Waals surface area contributed by atoms with Crippen LogP contribution >= 0.6 is 0 Å². The molecular formula is C14H11N3. The van der Waals surface area contributed by atoms with Crippen LogP contribution in [-0.2, 0) is 0 Å². The lowest BCUT2D eigenvalue weighted by atomic mass is 9.92. The highest BCUT2D eigenvalue weighted by atomic mass is 15.1. The number of nitrogens with zero attached hydrogens (tertiary/aromatic N) is 2. The van der Waals surface area contributed by atoms with Crippen LogP contribution in [0.15, 0.2) is 48.1 Å². The minimum atomic E-state index is 0.200. The molecule has 3 heteroatoms. The molecule has 1 aliphatic rings. The third kappa shape index (κ3) is 1.64. The van der Waals surface area contributed by atoms with E-state index in [1.54, 1.807) is 0 Å². The molecule has 1 atom stereocenters. The minimum Gasteiger partial charge on any atom is -0.278 e. The van der Waals surface area contributed by atoms with Gasteiger partial charge in [-0.15, -0.1) is 0 Å². The number of allylic oxidation sites excluding steroid dienone is 4. The molecule has 0 fully saturated rings. The SMILES string of the molecule is N#CC1=CC(c2n[nH]c3ccccc23)CC=C1. The lowest BCUT2D eigenvalue weighted by molar-refractivity contribution is 0.807. The van der Waals surface area contributed by atoms with Gasteiger partial charge in [0.25, 0.3) is 0 Å². The molecule has 1 aromatic heterocycles. The summed E-state index contributed by atoms with van der Waals surface area (Å²) in [7, 11) is 0. The predicted octanol–water partition coefficient (Wildman–Crippen LogP) is 3.06. The third-order valence-corrected chi connectivity index (χ3v) is 3.05. The summed E-state index contributed by atoms with van der Waals surface area (Å²) in [6.45, 7) is 0. The van der Waals surface area contributed by atoms with Gasteiger partial charge < -0.3 is 0 Å². The molecule has 17 heavy (non-hydrogen) atoms. The topological polar surface area (TPSA) is 52.5 Å². The predicted molar refractivity (Wildman–Crippen MR) is 66.3 cm³/mol. The first-order valence-electron chi connectivity index (χ1n) is 5.60. The average molecular weight is 221 g/mol. The van der Waals surface area contributed by atoms with Crippen LogP contribution in [0.3, 0.4) is 0 Å². The molecular weight excluding hydrogens is 210 g/mol. The van der Waals surface area contributed by atoms with Crippen molar-refractivity contribution in [2.45, 2.75) is 12.3 Å². The molecule has 1 N–H and O–H groups in total. The molecule has 1 heterocycles. The molecule has 82 valence electrons. The number of hydrogen-bond acceptors (Lipinski definition) is 2. The van der Waals surface area contributed by atoms with Gasteiger partial charge in [-0.1, -0.05) is 30.4 Å². The highest BCUT2D eigenvalue weighted by Gasteiger charge is 2.17. The van der Waals surface area contributed by atoms with Gasteiger partial charge in [-0.2, -0.15) is 10.4 Å². The van der Waals surface area contributed by atoms with Gasteiger partial charge in [-0.05, 0) is 18.6 Å².